The first-order valence-corrected chi connectivity index (χ1v) is 12.9. The average Bonchev–Trinajstić information content (AvgIpc) is 3.04. The molecule has 5 rings (SSSR count). The lowest BCUT2D eigenvalue weighted by Gasteiger charge is -2.35. The minimum absolute atomic E-state index is 0.0655. The fourth-order valence-electron chi connectivity index (χ4n) is 5.79. The highest BCUT2D eigenvalue weighted by Crippen LogP contribution is 2.48. The van der Waals surface area contributed by atoms with Crippen LogP contribution in [0.2, 0.25) is 5.02 Å². The summed E-state index contributed by atoms with van der Waals surface area (Å²) in [5, 5.41) is 0.636. The van der Waals surface area contributed by atoms with Gasteiger partial charge >= 0.3 is 0 Å². The normalized spacial score (nSPS) is 21.7. The number of aryl methyl sites for hydroxylation is 1. The van der Waals surface area contributed by atoms with Crippen LogP contribution >= 0.6 is 11.6 Å². The van der Waals surface area contributed by atoms with Crippen LogP contribution in [-0.4, -0.2) is 23.1 Å². The molecular formula is C26H34ClFN4. The Morgan fingerprint density at radius 2 is 1.78 bits per heavy atom. The Kier molecular flexibility index (Phi) is 6.28. The zero-order chi connectivity index (χ0) is 22.2. The molecule has 6 heteroatoms. The molecule has 172 valence electrons. The maximum absolute atomic E-state index is 15.5. The van der Waals surface area contributed by atoms with Gasteiger partial charge in [-0.05, 0) is 74.0 Å². The summed E-state index contributed by atoms with van der Waals surface area (Å²) in [5.41, 5.74) is 10.4. The number of halogens is 2. The largest absolute Gasteiger partial charge is 0.396 e. The van der Waals surface area contributed by atoms with Gasteiger partial charge in [0.25, 0.3) is 0 Å². The van der Waals surface area contributed by atoms with Crippen LogP contribution in [-0.2, 0) is 19.3 Å². The highest BCUT2D eigenvalue weighted by atomic mass is 35.5. The first-order chi connectivity index (χ1) is 15.6. The summed E-state index contributed by atoms with van der Waals surface area (Å²) < 4.78 is 15.5. The van der Waals surface area contributed by atoms with E-state index >= 15 is 4.39 Å². The van der Waals surface area contributed by atoms with Gasteiger partial charge in [-0.15, -0.1) is 0 Å². The highest BCUT2D eigenvalue weighted by molar-refractivity contribution is 6.31. The Hall–Kier alpha value is -1.88. The van der Waals surface area contributed by atoms with E-state index in [1.807, 2.05) is 0 Å². The van der Waals surface area contributed by atoms with E-state index in [0.717, 1.165) is 80.1 Å². The molecule has 4 nitrogen and oxygen atoms in total. The van der Waals surface area contributed by atoms with Crippen molar-refractivity contribution in [1.82, 2.24) is 9.97 Å². The van der Waals surface area contributed by atoms with Gasteiger partial charge in [-0.1, -0.05) is 37.8 Å². The molecule has 2 N–H and O–H groups in total. The van der Waals surface area contributed by atoms with Gasteiger partial charge in [0.1, 0.15) is 17.5 Å². The highest BCUT2D eigenvalue weighted by Gasteiger charge is 2.34. The zero-order valence-corrected chi connectivity index (χ0v) is 19.9. The van der Waals surface area contributed by atoms with Crippen molar-refractivity contribution in [3.05, 3.63) is 45.1 Å². The van der Waals surface area contributed by atoms with Crippen LogP contribution in [0.4, 0.5) is 15.9 Å². The summed E-state index contributed by atoms with van der Waals surface area (Å²) in [4.78, 5) is 12.4. The minimum atomic E-state index is -0.262. The van der Waals surface area contributed by atoms with Crippen molar-refractivity contribution in [3.63, 3.8) is 0 Å². The zero-order valence-electron chi connectivity index (χ0n) is 19.1. The molecule has 0 bridgehead atoms. The topological polar surface area (TPSA) is 55.0 Å². The fourth-order valence-corrected chi connectivity index (χ4v) is 6.16. The molecule has 1 aromatic heterocycles. The summed E-state index contributed by atoms with van der Waals surface area (Å²) in [7, 11) is 0. The van der Waals surface area contributed by atoms with E-state index in [9.17, 15) is 0 Å². The molecule has 3 aliphatic rings. The Bertz CT molecular complexity index is 996. The summed E-state index contributed by atoms with van der Waals surface area (Å²) in [6.07, 6.45) is 11.7. The average molecular weight is 457 g/mol. The minimum Gasteiger partial charge on any atom is -0.396 e. The predicted molar refractivity (Wildman–Crippen MR) is 129 cm³/mol. The summed E-state index contributed by atoms with van der Waals surface area (Å²) in [5.74, 6) is 2.20. The number of benzene rings is 1. The second kappa shape index (κ2) is 9.17. The summed E-state index contributed by atoms with van der Waals surface area (Å²) in [6.45, 7) is 4.25. The molecule has 0 radical (unpaired) electrons. The van der Waals surface area contributed by atoms with Crippen molar-refractivity contribution in [2.45, 2.75) is 89.4 Å². The smallest absolute Gasteiger partial charge is 0.149 e. The molecule has 2 aliphatic carbocycles. The SMILES string of the molecule is CCc1nc2c(c(N3CCCCCC3)n1)CCC(c1c(F)c(N)cc(Cl)c1C1CCC1)C2. The van der Waals surface area contributed by atoms with E-state index in [2.05, 4.69) is 11.8 Å². The van der Waals surface area contributed by atoms with Crippen molar-refractivity contribution in [2.24, 2.45) is 0 Å². The quantitative estimate of drug-likeness (QED) is 0.546. The molecule has 2 aromatic rings. The van der Waals surface area contributed by atoms with Crippen LogP contribution in [0, 0.1) is 5.82 Å². The summed E-state index contributed by atoms with van der Waals surface area (Å²) >= 11 is 6.64. The lowest BCUT2D eigenvalue weighted by Crippen LogP contribution is -2.29. The first-order valence-electron chi connectivity index (χ1n) is 12.5. The monoisotopic (exact) mass is 456 g/mol. The third-order valence-corrected chi connectivity index (χ3v) is 8.08. The van der Waals surface area contributed by atoms with E-state index in [1.54, 1.807) is 6.07 Å². The number of fused-ring (bicyclic) bond motifs is 1. The van der Waals surface area contributed by atoms with Crippen LogP contribution in [0.15, 0.2) is 6.07 Å². The van der Waals surface area contributed by atoms with Crippen molar-refractivity contribution >= 4 is 23.1 Å². The third kappa shape index (κ3) is 3.98. The van der Waals surface area contributed by atoms with E-state index in [1.165, 1.54) is 37.7 Å². The lowest BCUT2D eigenvalue weighted by molar-refractivity contribution is 0.408. The predicted octanol–water partition coefficient (Wildman–Crippen LogP) is 6.33. The van der Waals surface area contributed by atoms with Crippen molar-refractivity contribution in [2.75, 3.05) is 23.7 Å². The molecule has 1 aromatic carbocycles. The van der Waals surface area contributed by atoms with Gasteiger partial charge < -0.3 is 10.6 Å². The van der Waals surface area contributed by atoms with Gasteiger partial charge in [-0.2, -0.15) is 0 Å². The van der Waals surface area contributed by atoms with Crippen LogP contribution in [0.25, 0.3) is 0 Å². The number of nitrogens with zero attached hydrogens (tertiary/aromatic N) is 3. The molecule has 1 saturated heterocycles. The van der Waals surface area contributed by atoms with E-state index < -0.39 is 0 Å². The third-order valence-electron chi connectivity index (χ3n) is 7.76. The Balaban J connectivity index is 1.54. The van der Waals surface area contributed by atoms with Crippen molar-refractivity contribution in [1.29, 1.82) is 0 Å². The fraction of sp³-hybridized carbons (Fsp3) is 0.615. The van der Waals surface area contributed by atoms with Gasteiger partial charge in [0, 0.05) is 30.1 Å². The molecule has 1 unspecified atom stereocenters. The Morgan fingerprint density at radius 3 is 2.44 bits per heavy atom. The molecule has 1 atom stereocenters. The number of rotatable bonds is 4. The van der Waals surface area contributed by atoms with E-state index in [4.69, 9.17) is 27.3 Å². The number of hydrogen-bond donors (Lipinski definition) is 1. The van der Waals surface area contributed by atoms with Gasteiger partial charge in [0.2, 0.25) is 0 Å². The summed E-state index contributed by atoms with van der Waals surface area (Å²) in [6, 6.07) is 1.61. The Labute approximate surface area is 195 Å². The van der Waals surface area contributed by atoms with E-state index in [-0.39, 0.29) is 17.4 Å². The first kappa shape index (κ1) is 21.9. The number of nitrogens with two attached hydrogens (primary N) is 1. The molecule has 1 saturated carbocycles. The maximum Gasteiger partial charge on any atom is 0.149 e. The number of hydrogen-bond acceptors (Lipinski definition) is 4. The van der Waals surface area contributed by atoms with Gasteiger partial charge in [0.15, 0.2) is 0 Å². The standard InChI is InChI=1S/C26H34ClFN4/c1-2-22-30-21-14-17(10-11-18(21)26(31-22)32-12-5-3-4-6-13-32)24-23(16-8-7-9-16)19(27)15-20(29)25(24)28/h15-17H,2-14,29H2,1H3. The maximum atomic E-state index is 15.5. The Morgan fingerprint density at radius 1 is 1.03 bits per heavy atom. The van der Waals surface area contributed by atoms with Gasteiger partial charge in [-0.3, -0.25) is 0 Å². The van der Waals surface area contributed by atoms with Crippen LogP contribution < -0.4 is 10.6 Å². The molecule has 0 amide bonds. The van der Waals surface area contributed by atoms with Crippen molar-refractivity contribution < 1.29 is 4.39 Å². The van der Waals surface area contributed by atoms with Crippen LogP contribution in [0.5, 0.6) is 0 Å². The molecular weight excluding hydrogens is 423 g/mol. The van der Waals surface area contributed by atoms with E-state index in [0.29, 0.717) is 10.9 Å². The molecule has 2 heterocycles. The molecule has 0 spiro atoms. The number of anilines is 2. The second-order valence-corrected chi connectivity index (χ2v) is 10.2. The van der Waals surface area contributed by atoms with Crippen molar-refractivity contribution in [3.8, 4) is 0 Å². The molecule has 32 heavy (non-hydrogen) atoms. The van der Waals surface area contributed by atoms with Crippen LogP contribution in [0.3, 0.4) is 0 Å². The second-order valence-electron chi connectivity index (χ2n) is 9.80. The number of nitrogen functional groups attached to an aromatic ring is 1. The van der Waals surface area contributed by atoms with Gasteiger partial charge in [-0.25, -0.2) is 14.4 Å². The molecule has 1 aliphatic heterocycles. The van der Waals surface area contributed by atoms with Gasteiger partial charge in [0.05, 0.1) is 11.4 Å². The molecule has 2 fully saturated rings. The lowest BCUT2D eigenvalue weighted by atomic mass is 9.73. The van der Waals surface area contributed by atoms with Crippen LogP contribution in [0.1, 0.15) is 98.3 Å². The number of aromatic nitrogens is 2.